The molecular formula is C13H19N3S. The molecule has 0 spiro atoms. The van der Waals surface area contributed by atoms with Gasteiger partial charge in [0.05, 0.1) is 5.69 Å². The van der Waals surface area contributed by atoms with Crippen molar-refractivity contribution in [3.63, 3.8) is 0 Å². The molecule has 2 atom stereocenters. The zero-order valence-corrected chi connectivity index (χ0v) is 10.9. The topological polar surface area (TPSA) is 28.2 Å². The molecule has 2 bridgehead atoms. The first kappa shape index (κ1) is 10.3. The molecule has 1 saturated heterocycles. The zero-order chi connectivity index (χ0) is 11.2. The van der Waals surface area contributed by atoms with Crippen LogP contribution in [0.4, 0.5) is 5.13 Å². The quantitative estimate of drug-likeness (QED) is 0.888. The molecule has 2 unspecified atom stereocenters. The van der Waals surface area contributed by atoms with Gasteiger partial charge in [0.25, 0.3) is 0 Å². The summed E-state index contributed by atoms with van der Waals surface area (Å²) in [6, 6.07) is 1.58. The Bertz CT molecular complexity index is 413. The van der Waals surface area contributed by atoms with Gasteiger partial charge in [-0.2, -0.15) is 0 Å². The Morgan fingerprint density at radius 3 is 3.00 bits per heavy atom. The lowest BCUT2D eigenvalue weighted by atomic mass is 10.1. The van der Waals surface area contributed by atoms with Gasteiger partial charge < -0.3 is 10.2 Å². The standard InChI is InChI=1S/C13H19N3S/c1-4-12-5-9(1)7-16(12)13-15-11(8-17-13)6-14-10-2-3-10/h8-10,12,14H,1-7H2. The fourth-order valence-electron chi connectivity index (χ4n) is 3.20. The summed E-state index contributed by atoms with van der Waals surface area (Å²) in [7, 11) is 0. The largest absolute Gasteiger partial charge is 0.345 e. The number of fused-ring (bicyclic) bond motifs is 2. The van der Waals surface area contributed by atoms with Gasteiger partial charge in [0, 0.05) is 30.6 Å². The van der Waals surface area contributed by atoms with Crippen LogP contribution in [0, 0.1) is 5.92 Å². The van der Waals surface area contributed by atoms with Crippen molar-refractivity contribution >= 4 is 16.5 Å². The highest BCUT2D eigenvalue weighted by molar-refractivity contribution is 7.13. The number of hydrogen-bond donors (Lipinski definition) is 1. The van der Waals surface area contributed by atoms with Gasteiger partial charge in [0.15, 0.2) is 5.13 Å². The summed E-state index contributed by atoms with van der Waals surface area (Å²) in [5.74, 6) is 0.955. The molecule has 0 aromatic carbocycles. The molecule has 1 N–H and O–H groups in total. The summed E-state index contributed by atoms with van der Waals surface area (Å²) < 4.78 is 0. The van der Waals surface area contributed by atoms with E-state index in [0.717, 1.165) is 24.5 Å². The maximum absolute atomic E-state index is 4.79. The SMILES string of the molecule is c1sc(N2CC3CCC2C3)nc1CNC1CC1. The lowest BCUT2D eigenvalue weighted by molar-refractivity contribution is 0.552. The van der Waals surface area contributed by atoms with E-state index < -0.39 is 0 Å². The van der Waals surface area contributed by atoms with E-state index in [4.69, 9.17) is 4.98 Å². The molecule has 1 aromatic rings. The van der Waals surface area contributed by atoms with E-state index in [-0.39, 0.29) is 0 Å². The first-order valence-corrected chi connectivity index (χ1v) is 7.71. The predicted molar refractivity (Wildman–Crippen MR) is 70.5 cm³/mol. The highest BCUT2D eigenvalue weighted by atomic mass is 32.1. The molecule has 3 fully saturated rings. The average molecular weight is 249 g/mol. The van der Waals surface area contributed by atoms with E-state index in [2.05, 4.69) is 15.6 Å². The number of thiazole rings is 1. The Morgan fingerprint density at radius 2 is 2.29 bits per heavy atom. The van der Waals surface area contributed by atoms with Crippen LogP contribution >= 0.6 is 11.3 Å². The van der Waals surface area contributed by atoms with Gasteiger partial charge in [-0.15, -0.1) is 11.3 Å². The number of nitrogens with zero attached hydrogens (tertiary/aromatic N) is 2. The number of nitrogens with one attached hydrogen (secondary N) is 1. The van der Waals surface area contributed by atoms with E-state index in [9.17, 15) is 0 Å². The van der Waals surface area contributed by atoms with E-state index >= 15 is 0 Å². The van der Waals surface area contributed by atoms with Crippen molar-refractivity contribution in [2.45, 2.75) is 50.7 Å². The van der Waals surface area contributed by atoms with Crippen LogP contribution in [0.5, 0.6) is 0 Å². The Morgan fingerprint density at radius 1 is 1.35 bits per heavy atom. The highest BCUT2D eigenvalue weighted by Crippen LogP contribution is 2.41. The minimum atomic E-state index is 0.781. The number of rotatable bonds is 4. The molecule has 2 aliphatic carbocycles. The van der Waals surface area contributed by atoms with Crippen LogP contribution in [-0.2, 0) is 6.54 Å². The molecule has 2 saturated carbocycles. The van der Waals surface area contributed by atoms with Crippen LogP contribution in [0.2, 0.25) is 0 Å². The number of aromatic nitrogens is 1. The van der Waals surface area contributed by atoms with E-state index in [1.54, 1.807) is 0 Å². The van der Waals surface area contributed by atoms with Crippen LogP contribution in [0.25, 0.3) is 0 Å². The summed E-state index contributed by atoms with van der Waals surface area (Å²) in [6.45, 7) is 2.22. The molecular weight excluding hydrogens is 230 g/mol. The van der Waals surface area contributed by atoms with Crippen molar-refractivity contribution in [3.8, 4) is 0 Å². The highest BCUT2D eigenvalue weighted by Gasteiger charge is 2.38. The number of piperidine rings is 1. The average Bonchev–Trinajstić information content (AvgIpc) is 2.82. The first-order chi connectivity index (χ1) is 8.38. The molecule has 3 aliphatic rings. The third-order valence-corrected chi connectivity index (χ3v) is 5.27. The van der Waals surface area contributed by atoms with Crippen molar-refractivity contribution in [3.05, 3.63) is 11.1 Å². The molecule has 2 heterocycles. The van der Waals surface area contributed by atoms with Crippen LogP contribution in [0.3, 0.4) is 0 Å². The third-order valence-electron chi connectivity index (χ3n) is 4.34. The van der Waals surface area contributed by atoms with Gasteiger partial charge in [-0.3, -0.25) is 0 Å². The predicted octanol–water partition coefficient (Wildman–Crippen LogP) is 2.38. The smallest absolute Gasteiger partial charge is 0.185 e. The van der Waals surface area contributed by atoms with Gasteiger partial charge >= 0.3 is 0 Å². The number of hydrogen-bond acceptors (Lipinski definition) is 4. The van der Waals surface area contributed by atoms with Gasteiger partial charge in [0.1, 0.15) is 0 Å². The van der Waals surface area contributed by atoms with Crippen LogP contribution < -0.4 is 10.2 Å². The molecule has 4 heteroatoms. The van der Waals surface area contributed by atoms with Gasteiger partial charge in [-0.05, 0) is 38.0 Å². The summed E-state index contributed by atoms with van der Waals surface area (Å²) in [5, 5.41) is 7.04. The first-order valence-electron chi connectivity index (χ1n) is 6.83. The molecule has 4 rings (SSSR count). The van der Waals surface area contributed by atoms with Crippen molar-refractivity contribution in [1.82, 2.24) is 10.3 Å². The minimum absolute atomic E-state index is 0.781. The van der Waals surface area contributed by atoms with Crippen LogP contribution in [0.15, 0.2) is 5.38 Å². The Labute approximate surface area is 106 Å². The Hall–Kier alpha value is -0.610. The molecule has 3 nitrogen and oxygen atoms in total. The maximum Gasteiger partial charge on any atom is 0.185 e. The Kier molecular flexibility index (Phi) is 2.40. The van der Waals surface area contributed by atoms with Crippen molar-refractivity contribution in [2.24, 2.45) is 5.92 Å². The van der Waals surface area contributed by atoms with Crippen LogP contribution in [0.1, 0.15) is 37.8 Å². The lowest BCUT2D eigenvalue weighted by Crippen LogP contribution is -2.31. The fourth-order valence-corrected chi connectivity index (χ4v) is 4.11. The normalized spacial score (nSPS) is 31.4. The number of anilines is 1. The second-order valence-corrected chi connectivity index (χ2v) is 6.60. The monoisotopic (exact) mass is 249 g/mol. The molecule has 92 valence electrons. The van der Waals surface area contributed by atoms with Gasteiger partial charge in [0.2, 0.25) is 0 Å². The van der Waals surface area contributed by atoms with Crippen molar-refractivity contribution in [1.29, 1.82) is 0 Å². The summed E-state index contributed by atoms with van der Waals surface area (Å²) in [6.07, 6.45) is 6.96. The summed E-state index contributed by atoms with van der Waals surface area (Å²) >= 11 is 1.83. The second kappa shape index (κ2) is 3.95. The molecule has 0 amide bonds. The minimum Gasteiger partial charge on any atom is -0.345 e. The van der Waals surface area contributed by atoms with Crippen LogP contribution in [-0.4, -0.2) is 23.6 Å². The lowest BCUT2D eigenvalue weighted by Gasteiger charge is -2.26. The molecule has 0 radical (unpaired) electrons. The third kappa shape index (κ3) is 1.97. The second-order valence-electron chi connectivity index (χ2n) is 5.76. The van der Waals surface area contributed by atoms with Gasteiger partial charge in [-0.1, -0.05) is 0 Å². The molecule has 17 heavy (non-hydrogen) atoms. The Balaban J connectivity index is 1.43. The van der Waals surface area contributed by atoms with E-state index in [1.807, 2.05) is 11.3 Å². The van der Waals surface area contributed by atoms with Gasteiger partial charge in [-0.25, -0.2) is 4.98 Å². The van der Waals surface area contributed by atoms with Crippen molar-refractivity contribution < 1.29 is 0 Å². The van der Waals surface area contributed by atoms with E-state index in [0.29, 0.717) is 0 Å². The molecule has 1 aromatic heterocycles. The van der Waals surface area contributed by atoms with E-state index in [1.165, 1.54) is 49.5 Å². The maximum atomic E-state index is 4.79. The summed E-state index contributed by atoms with van der Waals surface area (Å²) in [5.41, 5.74) is 1.24. The van der Waals surface area contributed by atoms with Crippen molar-refractivity contribution in [2.75, 3.05) is 11.4 Å². The zero-order valence-electron chi connectivity index (χ0n) is 10.1. The fraction of sp³-hybridized carbons (Fsp3) is 0.769. The summed E-state index contributed by atoms with van der Waals surface area (Å²) in [4.78, 5) is 7.35. The molecule has 1 aliphatic heterocycles.